The van der Waals surface area contributed by atoms with Gasteiger partial charge in [0.25, 0.3) is 11.6 Å². The Morgan fingerprint density at radius 2 is 2.20 bits per heavy atom. The highest BCUT2D eigenvalue weighted by molar-refractivity contribution is 5.95. The van der Waals surface area contributed by atoms with Crippen molar-refractivity contribution in [1.82, 2.24) is 4.90 Å². The summed E-state index contributed by atoms with van der Waals surface area (Å²) >= 11 is 0. The molecular formula is C13H17N3O4. The predicted molar refractivity (Wildman–Crippen MR) is 73.4 cm³/mol. The van der Waals surface area contributed by atoms with Gasteiger partial charge in [-0.1, -0.05) is 0 Å². The molecule has 20 heavy (non-hydrogen) atoms. The van der Waals surface area contributed by atoms with Crippen molar-refractivity contribution in [2.75, 3.05) is 25.4 Å². The maximum atomic E-state index is 12.4. The fourth-order valence-electron chi connectivity index (χ4n) is 2.23. The summed E-state index contributed by atoms with van der Waals surface area (Å²) in [5.41, 5.74) is 5.37. The fourth-order valence-corrected chi connectivity index (χ4v) is 2.23. The molecule has 0 atom stereocenters. The molecule has 1 heterocycles. The van der Waals surface area contributed by atoms with E-state index in [1.54, 1.807) is 4.90 Å². The lowest BCUT2D eigenvalue weighted by molar-refractivity contribution is -0.383. The Bertz CT molecular complexity index is 557. The lowest BCUT2D eigenvalue weighted by Gasteiger charge is -2.38. The van der Waals surface area contributed by atoms with Crippen molar-refractivity contribution in [3.63, 3.8) is 0 Å². The van der Waals surface area contributed by atoms with Gasteiger partial charge in [-0.2, -0.15) is 0 Å². The number of nitrogens with zero attached hydrogens (tertiary/aromatic N) is 2. The molecule has 0 saturated carbocycles. The highest BCUT2D eigenvalue weighted by Gasteiger charge is 2.30. The van der Waals surface area contributed by atoms with Crippen molar-refractivity contribution in [3.05, 3.63) is 33.9 Å². The molecule has 1 saturated heterocycles. The van der Waals surface area contributed by atoms with Gasteiger partial charge in [0.1, 0.15) is 5.69 Å². The number of hydrogen-bond acceptors (Lipinski definition) is 5. The van der Waals surface area contributed by atoms with Gasteiger partial charge < -0.3 is 15.4 Å². The van der Waals surface area contributed by atoms with Crippen molar-refractivity contribution in [1.29, 1.82) is 0 Å². The van der Waals surface area contributed by atoms with Crippen LogP contribution in [0.3, 0.4) is 0 Å². The molecule has 1 amide bonds. The second kappa shape index (κ2) is 5.09. The summed E-state index contributed by atoms with van der Waals surface area (Å²) in [6.45, 7) is 5.27. The largest absolute Gasteiger partial charge is 0.393 e. The van der Waals surface area contributed by atoms with Crippen LogP contribution in [0.2, 0.25) is 0 Å². The summed E-state index contributed by atoms with van der Waals surface area (Å²) < 4.78 is 5.55. The number of amides is 1. The molecule has 0 aromatic heterocycles. The van der Waals surface area contributed by atoms with E-state index in [2.05, 4.69) is 0 Å². The molecule has 0 bridgehead atoms. The van der Waals surface area contributed by atoms with Crippen LogP contribution in [0.25, 0.3) is 0 Å². The monoisotopic (exact) mass is 279 g/mol. The van der Waals surface area contributed by atoms with Crippen molar-refractivity contribution in [2.45, 2.75) is 19.4 Å². The van der Waals surface area contributed by atoms with Gasteiger partial charge in [0.05, 0.1) is 17.1 Å². The molecule has 2 N–H and O–H groups in total. The molecule has 0 spiro atoms. The van der Waals surface area contributed by atoms with E-state index in [-0.39, 0.29) is 22.9 Å². The third-order valence-corrected chi connectivity index (χ3v) is 3.18. The molecule has 7 heteroatoms. The smallest absolute Gasteiger partial charge is 0.292 e. The van der Waals surface area contributed by atoms with Gasteiger partial charge in [-0.15, -0.1) is 0 Å². The highest BCUT2D eigenvalue weighted by Crippen LogP contribution is 2.24. The van der Waals surface area contributed by atoms with Crippen LogP contribution in [-0.2, 0) is 4.74 Å². The van der Waals surface area contributed by atoms with E-state index in [0.29, 0.717) is 25.3 Å². The van der Waals surface area contributed by atoms with Crippen molar-refractivity contribution >= 4 is 17.3 Å². The zero-order valence-electron chi connectivity index (χ0n) is 11.5. The van der Waals surface area contributed by atoms with E-state index in [1.165, 1.54) is 18.2 Å². The number of rotatable bonds is 2. The Kier molecular flexibility index (Phi) is 3.63. The second-order valence-corrected chi connectivity index (χ2v) is 5.37. The zero-order valence-corrected chi connectivity index (χ0v) is 11.5. The van der Waals surface area contributed by atoms with E-state index in [4.69, 9.17) is 10.5 Å². The van der Waals surface area contributed by atoms with Crippen LogP contribution >= 0.6 is 0 Å². The number of anilines is 1. The summed E-state index contributed by atoms with van der Waals surface area (Å²) in [6.07, 6.45) is 0. The minimum atomic E-state index is -0.568. The summed E-state index contributed by atoms with van der Waals surface area (Å²) in [4.78, 5) is 24.2. The Morgan fingerprint density at radius 1 is 1.50 bits per heavy atom. The number of nitro benzene ring substituents is 1. The molecular weight excluding hydrogens is 262 g/mol. The first kappa shape index (κ1) is 14.3. The normalized spacial score (nSPS) is 17.8. The van der Waals surface area contributed by atoms with E-state index in [0.717, 1.165) is 0 Å². The average Bonchev–Trinajstić information content (AvgIpc) is 2.36. The molecule has 1 fully saturated rings. The minimum Gasteiger partial charge on any atom is -0.393 e. The maximum absolute atomic E-state index is 12.4. The van der Waals surface area contributed by atoms with Gasteiger partial charge in [-0.3, -0.25) is 14.9 Å². The average molecular weight is 279 g/mol. The van der Waals surface area contributed by atoms with E-state index >= 15 is 0 Å². The van der Waals surface area contributed by atoms with E-state index in [9.17, 15) is 14.9 Å². The van der Waals surface area contributed by atoms with Crippen molar-refractivity contribution < 1.29 is 14.5 Å². The van der Waals surface area contributed by atoms with Gasteiger partial charge >= 0.3 is 0 Å². The standard InChI is InChI=1S/C13H17N3O4/c1-13(2)8-15(5-6-20-13)12(17)9-3-4-11(16(18)19)10(14)7-9/h3-4,7H,5-6,8,14H2,1-2H3. The third-order valence-electron chi connectivity index (χ3n) is 3.18. The molecule has 0 radical (unpaired) electrons. The number of ether oxygens (including phenoxy) is 1. The lowest BCUT2D eigenvalue weighted by Crippen LogP contribution is -2.50. The number of carbonyl (C=O) groups is 1. The SMILES string of the molecule is CC1(C)CN(C(=O)c2ccc([N+](=O)[O-])c(N)c2)CCO1. The predicted octanol–water partition coefficient (Wildman–Crippen LogP) is 1.43. The maximum Gasteiger partial charge on any atom is 0.292 e. The van der Waals surface area contributed by atoms with Gasteiger partial charge in [0.15, 0.2) is 0 Å². The lowest BCUT2D eigenvalue weighted by atomic mass is 10.1. The Balaban J connectivity index is 2.21. The van der Waals surface area contributed by atoms with E-state index < -0.39 is 4.92 Å². The van der Waals surface area contributed by atoms with Gasteiger partial charge in [0, 0.05) is 24.7 Å². The molecule has 0 aliphatic carbocycles. The van der Waals surface area contributed by atoms with Crippen LogP contribution in [0.1, 0.15) is 24.2 Å². The van der Waals surface area contributed by atoms with Crippen LogP contribution in [0.4, 0.5) is 11.4 Å². The Morgan fingerprint density at radius 3 is 2.75 bits per heavy atom. The molecule has 7 nitrogen and oxygen atoms in total. The molecule has 1 aromatic carbocycles. The molecule has 108 valence electrons. The number of nitrogen functional groups attached to an aromatic ring is 1. The number of nitro groups is 1. The summed E-state index contributed by atoms with van der Waals surface area (Å²) in [5, 5.41) is 10.7. The van der Waals surface area contributed by atoms with E-state index in [1.807, 2.05) is 13.8 Å². The number of carbonyl (C=O) groups excluding carboxylic acids is 1. The number of hydrogen-bond donors (Lipinski definition) is 1. The molecule has 1 aliphatic rings. The van der Waals surface area contributed by atoms with Crippen LogP contribution < -0.4 is 5.73 Å². The van der Waals surface area contributed by atoms with Crippen LogP contribution in [0.15, 0.2) is 18.2 Å². The number of benzene rings is 1. The van der Waals surface area contributed by atoms with Gasteiger partial charge in [0.2, 0.25) is 0 Å². The summed E-state index contributed by atoms with van der Waals surface area (Å²) in [5.74, 6) is -0.192. The van der Waals surface area contributed by atoms with Gasteiger partial charge in [-0.05, 0) is 26.0 Å². The van der Waals surface area contributed by atoms with Crippen LogP contribution in [0.5, 0.6) is 0 Å². The first-order valence-corrected chi connectivity index (χ1v) is 6.27. The second-order valence-electron chi connectivity index (χ2n) is 5.37. The summed E-state index contributed by atoms with van der Waals surface area (Å²) in [7, 11) is 0. The fraction of sp³-hybridized carbons (Fsp3) is 0.462. The van der Waals surface area contributed by atoms with Crippen LogP contribution in [0, 0.1) is 10.1 Å². The molecule has 0 unspecified atom stereocenters. The number of morpholine rings is 1. The van der Waals surface area contributed by atoms with Crippen LogP contribution in [-0.4, -0.2) is 41.0 Å². The topological polar surface area (TPSA) is 98.7 Å². The first-order chi connectivity index (χ1) is 9.30. The van der Waals surface area contributed by atoms with Crippen molar-refractivity contribution in [2.24, 2.45) is 0 Å². The Labute approximate surface area is 116 Å². The van der Waals surface area contributed by atoms with Crippen molar-refractivity contribution in [3.8, 4) is 0 Å². The molecule has 1 aliphatic heterocycles. The Hall–Kier alpha value is -2.15. The minimum absolute atomic E-state index is 0.00614. The highest BCUT2D eigenvalue weighted by atomic mass is 16.6. The quantitative estimate of drug-likeness (QED) is 0.501. The molecule has 2 rings (SSSR count). The number of nitrogens with two attached hydrogens (primary N) is 1. The first-order valence-electron chi connectivity index (χ1n) is 6.27. The molecule has 1 aromatic rings. The van der Waals surface area contributed by atoms with Gasteiger partial charge in [-0.25, -0.2) is 0 Å². The zero-order chi connectivity index (χ0) is 14.9. The summed E-state index contributed by atoms with van der Waals surface area (Å²) in [6, 6.07) is 4.04. The third kappa shape index (κ3) is 2.88.